The zero-order valence-electron chi connectivity index (χ0n) is 10.4. The van der Waals surface area contributed by atoms with Gasteiger partial charge in [-0.2, -0.15) is 0 Å². The maximum absolute atomic E-state index is 13.3. The smallest absolute Gasteiger partial charge is 0.250 e. The van der Waals surface area contributed by atoms with Gasteiger partial charge in [0.2, 0.25) is 0 Å². The standard InChI is InChI=1S/C13H18FNO2/c1-4-10-8-11(6-7-12(10)14)9(3)13(16)15-17-5-2/h6-9H,4-5H2,1-3H3,(H,15,16). The molecule has 1 aromatic carbocycles. The zero-order chi connectivity index (χ0) is 12.8. The molecule has 0 fully saturated rings. The molecule has 0 heterocycles. The molecule has 0 aliphatic rings. The van der Waals surface area contributed by atoms with E-state index in [-0.39, 0.29) is 17.6 Å². The number of amides is 1. The third-order valence-electron chi connectivity index (χ3n) is 2.66. The van der Waals surface area contributed by atoms with Crippen molar-refractivity contribution in [2.45, 2.75) is 33.1 Å². The van der Waals surface area contributed by atoms with Gasteiger partial charge in [0.25, 0.3) is 5.91 Å². The predicted molar refractivity (Wildman–Crippen MR) is 64.0 cm³/mol. The summed E-state index contributed by atoms with van der Waals surface area (Å²) in [5.74, 6) is -0.804. The summed E-state index contributed by atoms with van der Waals surface area (Å²) in [6.45, 7) is 5.86. The van der Waals surface area contributed by atoms with Gasteiger partial charge in [-0.3, -0.25) is 9.63 Å². The van der Waals surface area contributed by atoms with E-state index in [0.29, 0.717) is 18.6 Å². The van der Waals surface area contributed by atoms with E-state index in [9.17, 15) is 9.18 Å². The van der Waals surface area contributed by atoms with Crippen LogP contribution in [0.25, 0.3) is 0 Å². The number of hydrogen-bond donors (Lipinski definition) is 1. The van der Waals surface area contributed by atoms with Crippen LogP contribution in [-0.4, -0.2) is 12.5 Å². The molecule has 1 unspecified atom stereocenters. The first-order valence-electron chi connectivity index (χ1n) is 5.80. The topological polar surface area (TPSA) is 38.3 Å². The number of carbonyl (C=O) groups is 1. The van der Waals surface area contributed by atoms with E-state index in [2.05, 4.69) is 5.48 Å². The Kier molecular flexibility index (Phi) is 5.10. The molecule has 1 N–H and O–H groups in total. The summed E-state index contributed by atoms with van der Waals surface area (Å²) >= 11 is 0. The summed E-state index contributed by atoms with van der Waals surface area (Å²) in [6, 6.07) is 4.76. The van der Waals surface area contributed by atoms with Crippen LogP contribution in [-0.2, 0) is 16.1 Å². The molecule has 0 bridgehead atoms. The van der Waals surface area contributed by atoms with E-state index in [1.54, 1.807) is 26.0 Å². The van der Waals surface area contributed by atoms with Gasteiger partial charge in [-0.25, -0.2) is 9.87 Å². The normalized spacial score (nSPS) is 12.2. The van der Waals surface area contributed by atoms with Crippen molar-refractivity contribution in [1.82, 2.24) is 5.48 Å². The van der Waals surface area contributed by atoms with Crippen LogP contribution >= 0.6 is 0 Å². The van der Waals surface area contributed by atoms with Gasteiger partial charge >= 0.3 is 0 Å². The quantitative estimate of drug-likeness (QED) is 0.802. The van der Waals surface area contributed by atoms with Crippen LogP contribution < -0.4 is 5.48 Å². The number of benzene rings is 1. The van der Waals surface area contributed by atoms with E-state index in [0.717, 1.165) is 5.56 Å². The molecule has 0 saturated heterocycles. The number of carbonyl (C=O) groups excluding carboxylic acids is 1. The Bertz CT molecular complexity index is 393. The second kappa shape index (κ2) is 6.35. The Hall–Kier alpha value is -1.42. The van der Waals surface area contributed by atoms with Crippen molar-refractivity contribution in [2.75, 3.05) is 6.61 Å². The van der Waals surface area contributed by atoms with Gasteiger partial charge in [-0.15, -0.1) is 0 Å². The number of aryl methyl sites for hydroxylation is 1. The summed E-state index contributed by atoms with van der Waals surface area (Å²) < 4.78 is 13.3. The SMILES string of the molecule is CCONC(=O)C(C)c1ccc(F)c(CC)c1. The number of halogens is 1. The third-order valence-corrected chi connectivity index (χ3v) is 2.66. The summed E-state index contributed by atoms with van der Waals surface area (Å²) in [5, 5.41) is 0. The van der Waals surface area contributed by atoms with Crippen molar-refractivity contribution >= 4 is 5.91 Å². The van der Waals surface area contributed by atoms with Crippen molar-refractivity contribution in [3.63, 3.8) is 0 Å². The van der Waals surface area contributed by atoms with Crippen LogP contribution in [0, 0.1) is 5.82 Å². The van der Waals surface area contributed by atoms with E-state index in [1.165, 1.54) is 6.07 Å². The molecule has 1 amide bonds. The minimum absolute atomic E-state index is 0.222. The van der Waals surface area contributed by atoms with Gasteiger partial charge in [0.15, 0.2) is 0 Å². The first-order chi connectivity index (χ1) is 8.10. The molecule has 0 aliphatic carbocycles. The van der Waals surface area contributed by atoms with Gasteiger partial charge in [-0.05, 0) is 37.5 Å². The van der Waals surface area contributed by atoms with Crippen LogP contribution in [0.3, 0.4) is 0 Å². The lowest BCUT2D eigenvalue weighted by molar-refractivity contribution is -0.134. The molecule has 0 aromatic heterocycles. The fraction of sp³-hybridized carbons (Fsp3) is 0.462. The van der Waals surface area contributed by atoms with Gasteiger partial charge in [0.1, 0.15) is 5.82 Å². The van der Waals surface area contributed by atoms with Gasteiger partial charge < -0.3 is 0 Å². The maximum atomic E-state index is 13.3. The van der Waals surface area contributed by atoms with Crippen LogP contribution in [0.4, 0.5) is 4.39 Å². The van der Waals surface area contributed by atoms with Crippen molar-refractivity contribution in [3.8, 4) is 0 Å². The molecule has 0 spiro atoms. The molecule has 0 aliphatic heterocycles. The first-order valence-corrected chi connectivity index (χ1v) is 5.80. The number of nitrogens with one attached hydrogen (secondary N) is 1. The first kappa shape index (κ1) is 13.6. The van der Waals surface area contributed by atoms with Crippen LogP contribution in [0.1, 0.15) is 37.8 Å². The summed E-state index contributed by atoms with van der Waals surface area (Å²) in [7, 11) is 0. The molecular weight excluding hydrogens is 221 g/mol. The lowest BCUT2D eigenvalue weighted by Crippen LogP contribution is -2.28. The number of hydrogen-bond acceptors (Lipinski definition) is 2. The minimum atomic E-state index is -0.354. The molecule has 4 heteroatoms. The second-order valence-corrected chi connectivity index (χ2v) is 3.83. The predicted octanol–water partition coefficient (Wildman–Crippen LogP) is 2.56. The molecule has 17 heavy (non-hydrogen) atoms. The average Bonchev–Trinajstić information content (AvgIpc) is 2.35. The fourth-order valence-corrected chi connectivity index (χ4v) is 1.52. The Morgan fingerprint density at radius 1 is 1.47 bits per heavy atom. The van der Waals surface area contributed by atoms with Crippen molar-refractivity contribution in [3.05, 3.63) is 35.1 Å². The number of hydroxylamine groups is 1. The maximum Gasteiger partial charge on any atom is 0.250 e. The van der Waals surface area contributed by atoms with E-state index in [4.69, 9.17) is 4.84 Å². The molecule has 0 saturated carbocycles. The van der Waals surface area contributed by atoms with E-state index >= 15 is 0 Å². The fourth-order valence-electron chi connectivity index (χ4n) is 1.52. The Labute approximate surface area is 101 Å². The molecule has 94 valence electrons. The lowest BCUT2D eigenvalue weighted by atomic mass is 9.97. The van der Waals surface area contributed by atoms with Crippen molar-refractivity contribution in [1.29, 1.82) is 0 Å². The zero-order valence-corrected chi connectivity index (χ0v) is 10.4. The molecular formula is C13H18FNO2. The van der Waals surface area contributed by atoms with Crippen molar-refractivity contribution in [2.24, 2.45) is 0 Å². The summed E-state index contributed by atoms with van der Waals surface area (Å²) in [6.07, 6.45) is 0.611. The molecule has 1 atom stereocenters. The highest BCUT2D eigenvalue weighted by atomic mass is 19.1. The van der Waals surface area contributed by atoms with E-state index < -0.39 is 0 Å². The van der Waals surface area contributed by atoms with Crippen LogP contribution in [0.2, 0.25) is 0 Å². The highest BCUT2D eigenvalue weighted by Gasteiger charge is 2.16. The van der Waals surface area contributed by atoms with Gasteiger partial charge in [-0.1, -0.05) is 19.1 Å². The van der Waals surface area contributed by atoms with E-state index in [1.807, 2.05) is 6.92 Å². The third kappa shape index (κ3) is 3.53. The molecule has 0 radical (unpaired) electrons. The molecule has 3 nitrogen and oxygen atoms in total. The molecule has 1 rings (SSSR count). The highest BCUT2D eigenvalue weighted by molar-refractivity contribution is 5.82. The number of rotatable bonds is 5. The lowest BCUT2D eigenvalue weighted by Gasteiger charge is -2.13. The van der Waals surface area contributed by atoms with Crippen LogP contribution in [0.15, 0.2) is 18.2 Å². The highest BCUT2D eigenvalue weighted by Crippen LogP contribution is 2.19. The minimum Gasteiger partial charge on any atom is -0.274 e. The van der Waals surface area contributed by atoms with Gasteiger partial charge in [0.05, 0.1) is 12.5 Å². The summed E-state index contributed by atoms with van der Waals surface area (Å²) in [4.78, 5) is 16.5. The monoisotopic (exact) mass is 239 g/mol. The molecule has 1 aromatic rings. The Morgan fingerprint density at radius 2 is 2.18 bits per heavy atom. The Morgan fingerprint density at radius 3 is 2.76 bits per heavy atom. The largest absolute Gasteiger partial charge is 0.274 e. The van der Waals surface area contributed by atoms with Gasteiger partial charge in [0, 0.05) is 0 Å². The second-order valence-electron chi connectivity index (χ2n) is 3.83. The Balaban J connectivity index is 2.81. The summed E-state index contributed by atoms with van der Waals surface area (Å²) in [5.41, 5.74) is 3.77. The van der Waals surface area contributed by atoms with Crippen LogP contribution in [0.5, 0.6) is 0 Å². The van der Waals surface area contributed by atoms with Crippen molar-refractivity contribution < 1.29 is 14.0 Å². The average molecular weight is 239 g/mol.